The van der Waals surface area contributed by atoms with Crippen LogP contribution in [0.5, 0.6) is 0 Å². The van der Waals surface area contributed by atoms with Gasteiger partial charge in [0.2, 0.25) is 0 Å². The molecule has 1 amide bonds. The summed E-state index contributed by atoms with van der Waals surface area (Å²) >= 11 is 5.65. The third-order valence-electron chi connectivity index (χ3n) is 4.08. The summed E-state index contributed by atoms with van der Waals surface area (Å²) in [5.41, 5.74) is -0.158. The normalized spacial score (nSPS) is 29.2. The van der Waals surface area contributed by atoms with Gasteiger partial charge in [-0.15, -0.1) is 0 Å². The van der Waals surface area contributed by atoms with E-state index in [9.17, 15) is 9.59 Å². The van der Waals surface area contributed by atoms with Gasteiger partial charge in [-0.2, -0.15) is 0 Å². The molecule has 4 heterocycles. The van der Waals surface area contributed by atoms with Gasteiger partial charge in [0.1, 0.15) is 10.7 Å². The number of pyridine rings is 1. The molecule has 19 heavy (non-hydrogen) atoms. The predicted molar refractivity (Wildman–Crippen MR) is 72.5 cm³/mol. The zero-order chi connectivity index (χ0) is 13.4. The molecule has 1 aromatic heterocycles. The van der Waals surface area contributed by atoms with Crippen molar-refractivity contribution in [3.05, 3.63) is 33.2 Å². The van der Waals surface area contributed by atoms with Crippen molar-refractivity contribution in [2.24, 2.45) is 5.92 Å². The fraction of sp³-hybridized carbons (Fsp3) is 0.538. The number of aromatic nitrogens is 1. The first kappa shape index (κ1) is 12.7. The van der Waals surface area contributed by atoms with E-state index in [-0.39, 0.29) is 22.7 Å². The van der Waals surface area contributed by atoms with Gasteiger partial charge >= 0.3 is 0 Å². The van der Waals surface area contributed by atoms with E-state index >= 15 is 0 Å². The minimum atomic E-state index is -0.428. The standard InChI is InChI=1S/C13H16ClN3O2/c14-9-1-2-10(15-12(9)18)13(19)16-11-7-17-5-3-8(11)4-6-17/h1-2,8,11H,3-7H2,(H,15,18)(H,16,19). The molecule has 0 aliphatic carbocycles. The lowest BCUT2D eigenvalue weighted by molar-refractivity contribution is 0.0617. The van der Waals surface area contributed by atoms with Crippen LogP contribution in [-0.2, 0) is 0 Å². The lowest BCUT2D eigenvalue weighted by Crippen LogP contribution is -2.57. The monoisotopic (exact) mass is 281 g/mol. The van der Waals surface area contributed by atoms with Gasteiger partial charge in [0.25, 0.3) is 11.5 Å². The summed E-state index contributed by atoms with van der Waals surface area (Å²) in [6.07, 6.45) is 2.28. The van der Waals surface area contributed by atoms with Crippen LogP contribution in [0.15, 0.2) is 16.9 Å². The third-order valence-corrected chi connectivity index (χ3v) is 4.38. The molecular weight excluding hydrogens is 266 g/mol. The molecule has 6 heteroatoms. The highest BCUT2D eigenvalue weighted by Gasteiger charge is 2.34. The summed E-state index contributed by atoms with van der Waals surface area (Å²) < 4.78 is 0. The number of piperidine rings is 3. The first-order valence-corrected chi connectivity index (χ1v) is 6.93. The Kier molecular flexibility index (Phi) is 3.33. The topological polar surface area (TPSA) is 65.2 Å². The minimum absolute atomic E-state index is 0.0967. The number of halogens is 1. The van der Waals surface area contributed by atoms with Gasteiger partial charge in [-0.05, 0) is 44.0 Å². The van der Waals surface area contributed by atoms with Gasteiger partial charge in [-0.25, -0.2) is 0 Å². The molecule has 0 aromatic carbocycles. The van der Waals surface area contributed by atoms with Crippen LogP contribution in [0.4, 0.5) is 0 Å². The Morgan fingerprint density at radius 1 is 1.37 bits per heavy atom. The molecule has 3 aliphatic heterocycles. The molecule has 3 saturated heterocycles. The van der Waals surface area contributed by atoms with Crippen molar-refractivity contribution in [1.29, 1.82) is 0 Å². The maximum atomic E-state index is 12.1. The second-order valence-corrected chi connectivity index (χ2v) is 5.67. The molecule has 1 aromatic rings. The molecular formula is C13H16ClN3O2. The van der Waals surface area contributed by atoms with Crippen molar-refractivity contribution >= 4 is 17.5 Å². The summed E-state index contributed by atoms with van der Waals surface area (Å²) in [6, 6.07) is 3.18. The molecule has 2 N–H and O–H groups in total. The summed E-state index contributed by atoms with van der Waals surface area (Å²) in [7, 11) is 0. The van der Waals surface area contributed by atoms with E-state index in [2.05, 4.69) is 15.2 Å². The third kappa shape index (κ3) is 2.53. The number of amides is 1. The van der Waals surface area contributed by atoms with Crippen molar-refractivity contribution in [1.82, 2.24) is 15.2 Å². The van der Waals surface area contributed by atoms with Gasteiger partial charge in [0.15, 0.2) is 0 Å². The van der Waals surface area contributed by atoms with Crippen LogP contribution < -0.4 is 10.9 Å². The number of H-pyrrole nitrogens is 1. The number of nitrogens with zero attached hydrogens (tertiary/aromatic N) is 1. The van der Waals surface area contributed by atoms with E-state index in [1.807, 2.05) is 0 Å². The molecule has 4 rings (SSSR count). The fourth-order valence-electron chi connectivity index (χ4n) is 2.96. The highest BCUT2D eigenvalue weighted by molar-refractivity contribution is 6.30. The Bertz CT molecular complexity index is 549. The van der Waals surface area contributed by atoms with E-state index in [0.717, 1.165) is 32.5 Å². The summed E-state index contributed by atoms with van der Waals surface area (Å²) in [4.78, 5) is 28.4. The molecule has 0 radical (unpaired) electrons. The zero-order valence-corrected chi connectivity index (χ0v) is 11.2. The molecule has 5 nitrogen and oxygen atoms in total. The van der Waals surface area contributed by atoms with Crippen molar-refractivity contribution in [3.63, 3.8) is 0 Å². The molecule has 3 aliphatic rings. The van der Waals surface area contributed by atoms with Crippen LogP contribution in [0.1, 0.15) is 23.3 Å². The zero-order valence-electron chi connectivity index (χ0n) is 10.5. The summed E-state index contributed by atoms with van der Waals surface area (Å²) in [5, 5.41) is 3.12. The van der Waals surface area contributed by atoms with Gasteiger partial charge < -0.3 is 15.2 Å². The van der Waals surface area contributed by atoms with E-state index in [1.54, 1.807) is 6.07 Å². The van der Waals surface area contributed by atoms with Crippen LogP contribution in [0.3, 0.4) is 0 Å². The van der Waals surface area contributed by atoms with Crippen LogP contribution in [0.2, 0.25) is 5.02 Å². The number of aromatic amines is 1. The average Bonchev–Trinajstić information content (AvgIpc) is 2.43. The maximum absolute atomic E-state index is 12.1. The van der Waals surface area contributed by atoms with Gasteiger partial charge in [0, 0.05) is 12.6 Å². The SMILES string of the molecule is O=C(NC1CN2CCC1CC2)c1ccc(Cl)c(=O)[nH]1. The molecule has 2 bridgehead atoms. The van der Waals surface area contributed by atoms with Crippen molar-refractivity contribution < 1.29 is 4.79 Å². The first-order valence-electron chi connectivity index (χ1n) is 6.55. The van der Waals surface area contributed by atoms with Crippen LogP contribution in [-0.4, -0.2) is 41.5 Å². The summed E-state index contributed by atoms with van der Waals surface area (Å²) in [5.74, 6) is 0.334. The quantitative estimate of drug-likeness (QED) is 0.845. The highest BCUT2D eigenvalue weighted by Crippen LogP contribution is 2.27. The van der Waals surface area contributed by atoms with Gasteiger partial charge in [-0.3, -0.25) is 9.59 Å². The number of carbonyl (C=O) groups is 1. The molecule has 3 fully saturated rings. The maximum Gasteiger partial charge on any atom is 0.268 e. The van der Waals surface area contributed by atoms with Crippen LogP contribution in [0.25, 0.3) is 0 Å². The van der Waals surface area contributed by atoms with E-state index in [4.69, 9.17) is 11.6 Å². The second kappa shape index (κ2) is 4.98. The lowest BCUT2D eigenvalue weighted by Gasteiger charge is -2.44. The Morgan fingerprint density at radius 3 is 2.68 bits per heavy atom. The minimum Gasteiger partial charge on any atom is -0.346 e. The number of rotatable bonds is 2. The summed E-state index contributed by atoms with van der Waals surface area (Å²) in [6.45, 7) is 3.18. The largest absolute Gasteiger partial charge is 0.346 e. The number of fused-ring (bicyclic) bond motifs is 3. The molecule has 1 unspecified atom stereocenters. The smallest absolute Gasteiger partial charge is 0.268 e. The Hall–Kier alpha value is -1.33. The van der Waals surface area contributed by atoms with Crippen LogP contribution in [0, 0.1) is 5.92 Å². The van der Waals surface area contributed by atoms with Crippen molar-refractivity contribution in [2.45, 2.75) is 18.9 Å². The first-order chi connectivity index (χ1) is 9.13. The number of hydrogen-bond donors (Lipinski definition) is 2. The van der Waals surface area contributed by atoms with Crippen molar-refractivity contribution in [2.75, 3.05) is 19.6 Å². The predicted octanol–water partition coefficient (Wildman–Crippen LogP) is 0.852. The average molecular weight is 282 g/mol. The van der Waals surface area contributed by atoms with Crippen molar-refractivity contribution in [3.8, 4) is 0 Å². The highest BCUT2D eigenvalue weighted by atomic mass is 35.5. The lowest BCUT2D eigenvalue weighted by atomic mass is 9.84. The molecule has 0 saturated carbocycles. The van der Waals surface area contributed by atoms with Gasteiger partial charge in [0.05, 0.1) is 0 Å². The van der Waals surface area contributed by atoms with Crippen LogP contribution >= 0.6 is 11.6 Å². The van der Waals surface area contributed by atoms with E-state index in [0.29, 0.717) is 5.92 Å². The number of nitrogens with one attached hydrogen (secondary N) is 2. The molecule has 0 spiro atoms. The second-order valence-electron chi connectivity index (χ2n) is 5.27. The number of carbonyl (C=O) groups excluding carboxylic acids is 1. The molecule has 102 valence electrons. The Balaban J connectivity index is 1.71. The fourth-order valence-corrected chi connectivity index (χ4v) is 3.07. The number of hydrogen-bond acceptors (Lipinski definition) is 3. The van der Waals surface area contributed by atoms with Gasteiger partial charge in [-0.1, -0.05) is 11.6 Å². The molecule has 1 atom stereocenters. The van der Waals surface area contributed by atoms with E-state index < -0.39 is 5.56 Å². The Labute approximate surface area is 115 Å². The Morgan fingerprint density at radius 2 is 2.11 bits per heavy atom. The van der Waals surface area contributed by atoms with E-state index in [1.165, 1.54) is 6.07 Å².